The molecule has 1 aliphatic heterocycles. The summed E-state index contributed by atoms with van der Waals surface area (Å²) < 4.78 is 35.4. The number of hydrogen-bond donors (Lipinski definition) is 2. The lowest BCUT2D eigenvalue weighted by atomic mass is 10.1. The summed E-state index contributed by atoms with van der Waals surface area (Å²) in [5, 5.41) is 9.76. The maximum absolute atomic E-state index is 12.6. The number of carbonyl (C=O) groups excluding carboxylic acids is 1. The number of carboxylic acids is 1. The second-order valence-corrected chi connectivity index (χ2v) is 8.65. The van der Waals surface area contributed by atoms with Gasteiger partial charge in [0.15, 0.2) is 15.9 Å². The van der Waals surface area contributed by atoms with Crippen molar-refractivity contribution in [3.63, 3.8) is 0 Å². The van der Waals surface area contributed by atoms with Gasteiger partial charge in [0.25, 0.3) is 0 Å². The quantitative estimate of drug-likeness (QED) is 0.716. The number of carbonyl (C=O) groups is 2. The summed E-state index contributed by atoms with van der Waals surface area (Å²) in [5.74, 6) is -1.57. The Balaban J connectivity index is 2.14. The molecule has 2 N–H and O–H groups in total. The van der Waals surface area contributed by atoms with Gasteiger partial charge in [-0.05, 0) is 37.5 Å². The predicted molar refractivity (Wildman–Crippen MR) is 93.7 cm³/mol. The van der Waals surface area contributed by atoms with Crippen molar-refractivity contribution in [3.8, 4) is 5.75 Å². The first kappa shape index (κ1) is 20.2. The standard InChI is InChI=1S/C17H23NO7S/c1-11(26(22,23)14-7-9-25-10-8-14)16(19)18-15(17(20)21)12-3-5-13(24-2)6-4-12/h3-6,11,14-15H,7-10H2,1-2H3,(H,18,19)(H,20,21). The predicted octanol–water partition coefficient (Wildman–Crippen LogP) is 0.919. The maximum atomic E-state index is 12.6. The zero-order chi connectivity index (χ0) is 19.3. The first-order valence-corrected chi connectivity index (χ1v) is 9.86. The first-order valence-electron chi connectivity index (χ1n) is 8.25. The van der Waals surface area contributed by atoms with E-state index >= 15 is 0 Å². The van der Waals surface area contributed by atoms with Crippen molar-refractivity contribution in [2.75, 3.05) is 20.3 Å². The van der Waals surface area contributed by atoms with Crippen LogP contribution in [0.3, 0.4) is 0 Å². The summed E-state index contributed by atoms with van der Waals surface area (Å²) in [6.07, 6.45) is 0.668. The minimum atomic E-state index is -3.73. The Morgan fingerprint density at radius 2 is 1.81 bits per heavy atom. The summed E-state index contributed by atoms with van der Waals surface area (Å²) in [6.45, 7) is 1.96. The van der Waals surface area contributed by atoms with Crippen LogP contribution in [0.25, 0.3) is 0 Å². The molecule has 144 valence electrons. The summed E-state index contributed by atoms with van der Waals surface area (Å²) in [6, 6.07) is 4.81. The van der Waals surface area contributed by atoms with Crippen LogP contribution in [0, 0.1) is 0 Å². The third-order valence-electron chi connectivity index (χ3n) is 4.48. The van der Waals surface area contributed by atoms with Crippen LogP contribution >= 0.6 is 0 Å². The Kier molecular flexibility index (Phi) is 6.60. The van der Waals surface area contributed by atoms with Crippen molar-refractivity contribution >= 4 is 21.7 Å². The van der Waals surface area contributed by atoms with Crippen LogP contribution in [0.15, 0.2) is 24.3 Å². The van der Waals surface area contributed by atoms with Gasteiger partial charge in [-0.15, -0.1) is 0 Å². The molecule has 8 nitrogen and oxygen atoms in total. The van der Waals surface area contributed by atoms with Crippen molar-refractivity contribution in [2.45, 2.75) is 36.3 Å². The van der Waals surface area contributed by atoms with Crippen molar-refractivity contribution in [2.24, 2.45) is 0 Å². The molecule has 1 amide bonds. The van der Waals surface area contributed by atoms with E-state index in [0.717, 1.165) is 0 Å². The van der Waals surface area contributed by atoms with Crippen LogP contribution in [0.1, 0.15) is 31.4 Å². The zero-order valence-electron chi connectivity index (χ0n) is 14.7. The minimum Gasteiger partial charge on any atom is -0.497 e. The van der Waals surface area contributed by atoms with Crippen molar-refractivity contribution < 1.29 is 32.6 Å². The van der Waals surface area contributed by atoms with Crippen molar-refractivity contribution in [1.82, 2.24) is 5.32 Å². The second-order valence-electron chi connectivity index (χ2n) is 6.10. The molecule has 1 heterocycles. The zero-order valence-corrected chi connectivity index (χ0v) is 15.5. The average Bonchev–Trinajstić information content (AvgIpc) is 2.65. The van der Waals surface area contributed by atoms with Gasteiger partial charge in [-0.2, -0.15) is 0 Å². The molecule has 1 saturated heterocycles. The van der Waals surface area contributed by atoms with Gasteiger partial charge >= 0.3 is 5.97 Å². The highest BCUT2D eigenvalue weighted by atomic mass is 32.2. The molecule has 1 fully saturated rings. The van der Waals surface area contributed by atoms with Crippen LogP contribution in [0.5, 0.6) is 5.75 Å². The van der Waals surface area contributed by atoms with Crippen molar-refractivity contribution in [3.05, 3.63) is 29.8 Å². The molecule has 0 aromatic heterocycles. The Bertz CT molecular complexity index is 739. The van der Waals surface area contributed by atoms with Crippen molar-refractivity contribution in [1.29, 1.82) is 0 Å². The molecule has 26 heavy (non-hydrogen) atoms. The highest BCUT2D eigenvalue weighted by Gasteiger charge is 2.38. The molecule has 0 aliphatic carbocycles. The molecule has 0 spiro atoms. The third kappa shape index (κ3) is 4.53. The molecule has 2 atom stereocenters. The van der Waals surface area contributed by atoms with Crippen LogP contribution in [0.2, 0.25) is 0 Å². The molecule has 1 aliphatic rings. The van der Waals surface area contributed by atoms with Gasteiger partial charge in [0, 0.05) is 13.2 Å². The number of methoxy groups -OCH3 is 1. The number of hydrogen-bond acceptors (Lipinski definition) is 6. The lowest BCUT2D eigenvalue weighted by Crippen LogP contribution is -2.46. The fourth-order valence-electron chi connectivity index (χ4n) is 2.79. The summed E-state index contributed by atoms with van der Waals surface area (Å²) in [7, 11) is -2.25. The van der Waals surface area contributed by atoms with Gasteiger partial charge < -0.3 is 19.9 Å². The van der Waals surface area contributed by atoms with E-state index in [1.165, 1.54) is 26.2 Å². The van der Waals surface area contributed by atoms with Crippen LogP contribution < -0.4 is 10.1 Å². The molecule has 0 saturated carbocycles. The third-order valence-corrected chi connectivity index (χ3v) is 7.08. The molecule has 2 unspecified atom stereocenters. The number of rotatable bonds is 7. The average molecular weight is 385 g/mol. The number of amides is 1. The van der Waals surface area contributed by atoms with Crippen LogP contribution in [0.4, 0.5) is 0 Å². The fourth-order valence-corrected chi connectivity index (χ4v) is 4.58. The molecule has 1 aromatic rings. The number of carboxylic acid groups (broad SMARTS) is 1. The smallest absolute Gasteiger partial charge is 0.330 e. The SMILES string of the molecule is COc1ccc(C(NC(=O)C(C)S(=O)(=O)C2CCOCC2)C(=O)O)cc1. The maximum Gasteiger partial charge on any atom is 0.330 e. The largest absolute Gasteiger partial charge is 0.497 e. The Hall–Kier alpha value is -2.13. The van der Waals surface area contributed by atoms with E-state index in [-0.39, 0.29) is 0 Å². The summed E-state index contributed by atoms with van der Waals surface area (Å²) in [5.41, 5.74) is 0.322. The Morgan fingerprint density at radius 3 is 2.31 bits per heavy atom. The number of aliphatic carboxylic acids is 1. The van der Waals surface area contributed by atoms with Gasteiger partial charge in [-0.25, -0.2) is 13.2 Å². The summed E-state index contributed by atoms with van der Waals surface area (Å²) >= 11 is 0. The van der Waals surface area contributed by atoms with E-state index < -0.39 is 38.3 Å². The van der Waals surface area contributed by atoms with Gasteiger partial charge in [0.1, 0.15) is 11.0 Å². The topological polar surface area (TPSA) is 119 Å². The Labute approximate surface area is 152 Å². The monoisotopic (exact) mass is 385 g/mol. The van der Waals surface area contributed by atoms with E-state index in [2.05, 4.69) is 5.32 Å². The second kappa shape index (κ2) is 8.50. The van der Waals surface area contributed by atoms with E-state index in [4.69, 9.17) is 9.47 Å². The number of sulfone groups is 1. The summed E-state index contributed by atoms with van der Waals surface area (Å²) in [4.78, 5) is 24.0. The van der Waals surface area contributed by atoms with E-state index in [1.54, 1.807) is 12.1 Å². The highest BCUT2D eigenvalue weighted by molar-refractivity contribution is 7.93. The number of nitrogens with one attached hydrogen (secondary N) is 1. The lowest BCUT2D eigenvalue weighted by Gasteiger charge is -2.25. The van der Waals surface area contributed by atoms with E-state index in [1.807, 2.05) is 0 Å². The van der Waals surface area contributed by atoms with Gasteiger partial charge in [0.05, 0.1) is 12.4 Å². The number of benzene rings is 1. The van der Waals surface area contributed by atoms with Gasteiger partial charge in [-0.3, -0.25) is 4.79 Å². The molecular formula is C17H23NO7S. The first-order chi connectivity index (χ1) is 12.3. The van der Waals surface area contributed by atoms with Gasteiger partial charge in [0.2, 0.25) is 5.91 Å². The molecule has 1 aromatic carbocycles. The minimum absolute atomic E-state index is 0.322. The van der Waals surface area contributed by atoms with E-state index in [9.17, 15) is 23.1 Å². The molecular weight excluding hydrogens is 362 g/mol. The normalized spacial score (nSPS) is 17.9. The fraction of sp³-hybridized carbons (Fsp3) is 0.529. The molecule has 9 heteroatoms. The van der Waals surface area contributed by atoms with Crippen LogP contribution in [-0.4, -0.2) is 56.2 Å². The molecule has 0 radical (unpaired) electrons. The highest BCUT2D eigenvalue weighted by Crippen LogP contribution is 2.22. The van der Waals surface area contributed by atoms with Crippen LogP contribution in [-0.2, 0) is 24.2 Å². The number of ether oxygens (including phenoxy) is 2. The lowest BCUT2D eigenvalue weighted by molar-refractivity contribution is -0.141. The molecule has 2 rings (SSSR count). The Morgan fingerprint density at radius 1 is 1.23 bits per heavy atom. The molecule has 0 bridgehead atoms. The van der Waals surface area contributed by atoms with Gasteiger partial charge in [-0.1, -0.05) is 12.1 Å². The van der Waals surface area contributed by atoms with E-state index in [0.29, 0.717) is 37.4 Å².